The molecule has 0 N–H and O–H groups in total. The van der Waals surface area contributed by atoms with Gasteiger partial charge < -0.3 is 4.74 Å². The number of alkyl halides is 6. The van der Waals surface area contributed by atoms with Crippen LogP contribution in [-0.4, -0.2) is 22.1 Å². The highest BCUT2D eigenvalue weighted by Crippen LogP contribution is 2.40. The van der Waals surface area contributed by atoms with Crippen molar-refractivity contribution >= 4 is 81.8 Å². The molecule has 10 heteroatoms. The highest BCUT2D eigenvalue weighted by molar-refractivity contribution is 6.67. The molecular formula is C15H11Cl6N3O. The van der Waals surface area contributed by atoms with E-state index < -0.39 is 7.59 Å². The molecule has 1 aromatic heterocycles. The van der Waals surface area contributed by atoms with Crippen LogP contribution in [0.15, 0.2) is 18.2 Å². The summed E-state index contributed by atoms with van der Waals surface area (Å²) in [6.07, 6.45) is 3.31. The third-order valence-electron chi connectivity index (χ3n) is 2.96. The van der Waals surface area contributed by atoms with Gasteiger partial charge in [0.05, 0.1) is 7.11 Å². The van der Waals surface area contributed by atoms with E-state index in [1.807, 2.05) is 25.1 Å². The van der Waals surface area contributed by atoms with Gasteiger partial charge in [0.15, 0.2) is 17.5 Å². The Hall–Kier alpha value is -0.490. The van der Waals surface area contributed by atoms with Crippen molar-refractivity contribution in [3.05, 3.63) is 46.8 Å². The number of hydrogen-bond acceptors (Lipinski definition) is 4. The molecule has 0 spiro atoms. The van der Waals surface area contributed by atoms with Crippen molar-refractivity contribution in [3.63, 3.8) is 0 Å². The van der Waals surface area contributed by atoms with Gasteiger partial charge in [-0.3, -0.25) is 0 Å². The molecule has 1 heterocycles. The summed E-state index contributed by atoms with van der Waals surface area (Å²) in [6, 6.07) is 5.72. The van der Waals surface area contributed by atoms with E-state index in [0.717, 1.165) is 11.1 Å². The second kappa shape index (κ2) is 8.03. The van der Waals surface area contributed by atoms with Gasteiger partial charge in [0.25, 0.3) is 0 Å². The van der Waals surface area contributed by atoms with Crippen LogP contribution in [0, 0.1) is 6.92 Å². The molecule has 0 saturated carbocycles. The van der Waals surface area contributed by atoms with Crippen LogP contribution < -0.4 is 4.74 Å². The van der Waals surface area contributed by atoms with E-state index in [9.17, 15) is 0 Å². The van der Waals surface area contributed by atoms with Crippen LogP contribution in [0.3, 0.4) is 0 Å². The minimum Gasteiger partial charge on any atom is -0.496 e. The summed E-state index contributed by atoms with van der Waals surface area (Å²) in [6.45, 7) is 1.96. The van der Waals surface area contributed by atoms with Crippen molar-refractivity contribution in [2.45, 2.75) is 14.5 Å². The summed E-state index contributed by atoms with van der Waals surface area (Å²) < 4.78 is 1.56. The minimum atomic E-state index is -1.89. The molecule has 4 nitrogen and oxygen atoms in total. The zero-order chi connectivity index (χ0) is 18.8. The van der Waals surface area contributed by atoms with E-state index >= 15 is 0 Å². The molecule has 0 amide bonds. The van der Waals surface area contributed by atoms with Gasteiger partial charge in [-0.2, -0.15) is 0 Å². The standard InChI is InChI=1S/C15H11Cl6N3O/c1-8-3-4-9(10(7-8)25-2)5-6-11-22-12(14(16,17)18)24-13(23-11)15(19,20)21/h3-7H,1-2H3. The maximum atomic E-state index is 5.84. The summed E-state index contributed by atoms with van der Waals surface area (Å²) in [4.78, 5) is 12.1. The van der Waals surface area contributed by atoms with E-state index in [4.69, 9.17) is 74.3 Å². The quantitative estimate of drug-likeness (QED) is 0.525. The molecule has 0 atom stereocenters. The molecular weight excluding hydrogens is 451 g/mol. The van der Waals surface area contributed by atoms with Crippen LogP contribution in [0.5, 0.6) is 5.75 Å². The molecule has 0 aliphatic rings. The van der Waals surface area contributed by atoms with E-state index in [1.54, 1.807) is 19.3 Å². The van der Waals surface area contributed by atoms with E-state index in [-0.39, 0.29) is 17.5 Å². The Labute approximate surface area is 175 Å². The zero-order valence-electron chi connectivity index (χ0n) is 12.9. The highest BCUT2D eigenvalue weighted by atomic mass is 35.6. The third-order valence-corrected chi connectivity index (χ3v) is 3.97. The first kappa shape index (κ1) is 20.8. The molecule has 0 bridgehead atoms. The number of rotatable bonds is 3. The number of ether oxygens (including phenoxy) is 1. The van der Waals surface area contributed by atoms with Crippen LogP contribution >= 0.6 is 69.6 Å². The van der Waals surface area contributed by atoms with E-state index in [2.05, 4.69) is 15.0 Å². The Morgan fingerprint density at radius 2 is 1.44 bits per heavy atom. The molecule has 2 aromatic rings. The lowest BCUT2D eigenvalue weighted by Gasteiger charge is -2.14. The van der Waals surface area contributed by atoms with Crippen LogP contribution in [-0.2, 0) is 7.59 Å². The normalized spacial score (nSPS) is 12.6. The van der Waals surface area contributed by atoms with Crippen molar-refractivity contribution in [1.29, 1.82) is 0 Å². The van der Waals surface area contributed by atoms with Gasteiger partial charge in [-0.15, -0.1) is 0 Å². The molecule has 0 aliphatic carbocycles. The fourth-order valence-electron chi connectivity index (χ4n) is 1.84. The molecule has 0 saturated heterocycles. The Bertz CT molecular complexity index is 767. The molecule has 0 unspecified atom stereocenters. The fourth-order valence-corrected chi connectivity index (χ4v) is 2.35. The topological polar surface area (TPSA) is 47.9 Å². The second-order valence-electron chi connectivity index (χ2n) is 4.92. The second-order valence-corrected chi connectivity index (χ2v) is 9.48. The average Bonchev–Trinajstić information content (AvgIpc) is 2.51. The van der Waals surface area contributed by atoms with E-state index in [1.165, 1.54) is 0 Å². The van der Waals surface area contributed by atoms with Gasteiger partial charge in [-0.1, -0.05) is 81.7 Å². The Morgan fingerprint density at radius 3 is 1.92 bits per heavy atom. The maximum Gasteiger partial charge on any atom is 0.250 e. The summed E-state index contributed by atoms with van der Waals surface area (Å²) in [5, 5.41) is 0. The van der Waals surface area contributed by atoms with Gasteiger partial charge >= 0.3 is 0 Å². The van der Waals surface area contributed by atoms with E-state index in [0.29, 0.717) is 5.75 Å². The summed E-state index contributed by atoms with van der Waals surface area (Å²) in [7, 11) is 1.58. The van der Waals surface area contributed by atoms with Crippen molar-refractivity contribution in [2.24, 2.45) is 0 Å². The van der Waals surface area contributed by atoms with Crippen LogP contribution in [0.4, 0.5) is 0 Å². The zero-order valence-corrected chi connectivity index (χ0v) is 17.4. The van der Waals surface area contributed by atoms with Gasteiger partial charge in [-0.05, 0) is 30.7 Å². The lowest BCUT2D eigenvalue weighted by molar-refractivity contribution is 0.413. The maximum absolute atomic E-state index is 5.84. The number of benzene rings is 1. The monoisotopic (exact) mass is 459 g/mol. The molecule has 0 aliphatic heterocycles. The van der Waals surface area contributed by atoms with Crippen molar-refractivity contribution in [1.82, 2.24) is 15.0 Å². The highest BCUT2D eigenvalue weighted by Gasteiger charge is 2.33. The fraction of sp³-hybridized carbons (Fsp3) is 0.267. The molecule has 2 rings (SSSR count). The van der Waals surface area contributed by atoms with Gasteiger partial charge in [0, 0.05) is 5.56 Å². The van der Waals surface area contributed by atoms with Crippen molar-refractivity contribution < 1.29 is 4.74 Å². The predicted molar refractivity (Wildman–Crippen MR) is 105 cm³/mol. The van der Waals surface area contributed by atoms with Crippen molar-refractivity contribution in [2.75, 3.05) is 7.11 Å². The smallest absolute Gasteiger partial charge is 0.250 e. The third kappa shape index (κ3) is 5.75. The predicted octanol–water partition coefficient (Wildman–Crippen LogP) is 6.01. The molecule has 134 valence electrons. The number of nitrogens with zero attached hydrogens (tertiary/aromatic N) is 3. The minimum absolute atomic E-state index is 0.149. The molecule has 1 aromatic carbocycles. The summed E-state index contributed by atoms with van der Waals surface area (Å²) >= 11 is 35.0. The Kier molecular flexibility index (Phi) is 6.69. The summed E-state index contributed by atoms with van der Waals surface area (Å²) in [5.41, 5.74) is 1.87. The first-order valence-corrected chi connectivity index (χ1v) is 9.00. The SMILES string of the molecule is COc1cc(C)ccc1C=Cc1nc(C(Cl)(Cl)Cl)nc(C(Cl)(Cl)Cl)n1. The van der Waals surface area contributed by atoms with Gasteiger partial charge in [0.1, 0.15) is 5.75 Å². The molecule has 0 radical (unpaired) electrons. The van der Waals surface area contributed by atoms with Crippen LogP contribution in [0.2, 0.25) is 0 Å². The van der Waals surface area contributed by atoms with Crippen LogP contribution in [0.25, 0.3) is 12.2 Å². The number of hydrogen-bond donors (Lipinski definition) is 0. The Morgan fingerprint density at radius 1 is 0.880 bits per heavy atom. The first-order valence-electron chi connectivity index (χ1n) is 6.74. The number of methoxy groups -OCH3 is 1. The molecule has 0 fully saturated rings. The number of aryl methyl sites for hydroxylation is 1. The number of aromatic nitrogens is 3. The van der Waals surface area contributed by atoms with Crippen LogP contribution in [0.1, 0.15) is 28.6 Å². The Balaban J connectivity index is 2.49. The summed E-state index contributed by atoms with van der Waals surface area (Å²) in [5.74, 6) is 0.558. The van der Waals surface area contributed by atoms with Gasteiger partial charge in [0.2, 0.25) is 7.59 Å². The van der Waals surface area contributed by atoms with Gasteiger partial charge in [-0.25, -0.2) is 15.0 Å². The van der Waals surface area contributed by atoms with Crippen molar-refractivity contribution in [3.8, 4) is 5.75 Å². The lowest BCUT2D eigenvalue weighted by atomic mass is 10.1. The number of halogens is 6. The molecule has 25 heavy (non-hydrogen) atoms. The first-order chi connectivity index (χ1) is 11.5. The average molecular weight is 462 g/mol. The largest absolute Gasteiger partial charge is 0.496 e. The lowest BCUT2D eigenvalue weighted by Crippen LogP contribution is -2.16.